The third-order valence-electron chi connectivity index (χ3n) is 3.48. The molecule has 0 amide bonds. The highest BCUT2D eigenvalue weighted by molar-refractivity contribution is 6.31. The number of aliphatic hydroxyl groups is 1. The van der Waals surface area contributed by atoms with Gasteiger partial charge in [0.25, 0.3) is 0 Å². The van der Waals surface area contributed by atoms with Crippen LogP contribution in [0.15, 0.2) is 18.2 Å². The summed E-state index contributed by atoms with van der Waals surface area (Å²) < 4.78 is 0. The fraction of sp³-hybridized carbons (Fsp3) is 0.462. The van der Waals surface area contributed by atoms with Gasteiger partial charge in [0.1, 0.15) is 0 Å². The maximum absolute atomic E-state index is 11.2. The van der Waals surface area contributed by atoms with Crippen molar-refractivity contribution in [2.45, 2.75) is 31.2 Å². The number of aromatic carboxylic acids is 1. The van der Waals surface area contributed by atoms with Gasteiger partial charge in [-0.1, -0.05) is 24.4 Å². The quantitative estimate of drug-likeness (QED) is 0.786. The highest BCUT2D eigenvalue weighted by Crippen LogP contribution is 2.34. The summed E-state index contributed by atoms with van der Waals surface area (Å²) >= 11 is 5.81. The van der Waals surface area contributed by atoms with E-state index in [9.17, 15) is 9.90 Å². The molecule has 1 aromatic carbocycles. The zero-order valence-corrected chi connectivity index (χ0v) is 10.7. The maximum atomic E-state index is 11.2. The van der Waals surface area contributed by atoms with E-state index in [2.05, 4.69) is 5.32 Å². The van der Waals surface area contributed by atoms with E-state index in [1.54, 1.807) is 12.1 Å². The number of hydrogen-bond acceptors (Lipinski definition) is 3. The summed E-state index contributed by atoms with van der Waals surface area (Å²) in [5, 5.41) is 22.3. The smallest absolute Gasteiger partial charge is 0.337 e. The molecule has 0 unspecified atom stereocenters. The Morgan fingerprint density at radius 2 is 2.06 bits per heavy atom. The first-order chi connectivity index (χ1) is 8.56. The van der Waals surface area contributed by atoms with Crippen LogP contribution in [-0.2, 0) is 0 Å². The Bertz CT molecular complexity index is 456. The lowest BCUT2D eigenvalue weighted by Gasteiger charge is -2.30. The molecule has 1 fully saturated rings. The number of benzene rings is 1. The number of carboxylic acids is 1. The third kappa shape index (κ3) is 2.60. The lowest BCUT2D eigenvalue weighted by atomic mass is 9.97. The highest BCUT2D eigenvalue weighted by Gasteiger charge is 2.33. The molecule has 98 valence electrons. The number of carbonyl (C=O) groups is 1. The second-order valence-corrected chi connectivity index (χ2v) is 5.20. The highest BCUT2D eigenvalue weighted by atomic mass is 35.5. The number of anilines is 1. The van der Waals surface area contributed by atoms with E-state index in [-0.39, 0.29) is 12.2 Å². The Hall–Kier alpha value is -1.26. The van der Waals surface area contributed by atoms with Gasteiger partial charge < -0.3 is 15.5 Å². The van der Waals surface area contributed by atoms with Crippen LogP contribution in [0.1, 0.15) is 36.0 Å². The Balaban J connectivity index is 2.30. The largest absolute Gasteiger partial charge is 0.478 e. The van der Waals surface area contributed by atoms with Gasteiger partial charge in [0.2, 0.25) is 0 Å². The van der Waals surface area contributed by atoms with Gasteiger partial charge in [0, 0.05) is 10.7 Å². The van der Waals surface area contributed by atoms with Crippen LogP contribution in [0.2, 0.25) is 5.02 Å². The van der Waals surface area contributed by atoms with E-state index in [1.165, 1.54) is 6.07 Å². The number of carboxylic acid groups (broad SMARTS) is 1. The standard InChI is InChI=1S/C13H16ClNO3/c14-9-3-4-11(10(7-9)12(17)18)15-13(8-16)5-1-2-6-13/h3-4,7,15-16H,1-2,5-6,8H2,(H,17,18). The second-order valence-electron chi connectivity index (χ2n) is 4.77. The summed E-state index contributed by atoms with van der Waals surface area (Å²) in [6.45, 7) is 0.00862. The summed E-state index contributed by atoms with van der Waals surface area (Å²) in [7, 11) is 0. The van der Waals surface area contributed by atoms with Gasteiger partial charge in [-0.05, 0) is 31.0 Å². The maximum Gasteiger partial charge on any atom is 0.337 e. The molecule has 1 saturated carbocycles. The predicted molar refractivity (Wildman–Crippen MR) is 70.3 cm³/mol. The van der Waals surface area contributed by atoms with Crippen molar-refractivity contribution in [2.24, 2.45) is 0 Å². The SMILES string of the molecule is O=C(O)c1cc(Cl)ccc1NC1(CO)CCCC1. The monoisotopic (exact) mass is 269 g/mol. The lowest BCUT2D eigenvalue weighted by Crippen LogP contribution is -2.39. The van der Waals surface area contributed by atoms with Crippen LogP contribution < -0.4 is 5.32 Å². The minimum absolute atomic E-state index is 0.00862. The number of halogens is 1. The van der Waals surface area contributed by atoms with Crippen LogP contribution in [0.25, 0.3) is 0 Å². The zero-order valence-electron chi connectivity index (χ0n) is 9.95. The molecule has 0 spiro atoms. The molecule has 0 saturated heterocycles. The van der Waals surface area contributed by atoms with Crippen molar-refractivity contribution in [3.05, 3.63) is 28.8 Å². The molecule has 18 heavy (non-hydrogen) atoms. The van der Waals surface area contributed by atoms with Crippen molar-refractivity contribution >= 4 is 23.3 Å². The summed E-state index contributed by atoms with van der Waals surface area (Å²) in [5.74, 6) is -1.02. The Kier molecular flexibility index (Phi) is 3.78. The molecule has 1 aliphatic rings. The topological polar surface area (TPSA) is 69.6 Å². The molecule has 0 bridgehead atoms. The summed E-state index contributed by atoms with van der Waals surface area (Å²) in [6.07, 6.45) is 3.80. The molecule has 3 N–H and O–H groups in total. The van der Waals surface area contributed by atoms with Gasteiger partial charge in [-0.2, -0.15) is 0 Å². The van der Waals surface area contributed by atoms with Crippen molar-refractivity contribution in [1.82, 2.24) is 0 Å². The molecule has 1 aliphatic carbocycles. The number of nitrogens with one attached hydrogen (secondary N) is 1. The molecule has 2 rings (SSSR count). The first-order valence-electron chi connectivity index (χ1n) is 5.98. The summed E-state index contributed by atoms with van der Waals surface area (Å²) in [5.41, 5.74) is 0.267. The Morgan fingerprint density at radius 1 is 1.39 bits per heavy atom. The molecule has 0 aliphatic heterocycles. The zero-order chi connectivity index (χ0) is 13.2. The summed E-state index contributed by atoms with van der Waals surface area (Å²) in [6, 6.07) is 4.73. The minimum atomic E-state index is -1.02. The second kappa shape index (κ2) is 5.16. The van der Waals surface area contributed by atoms with Gasteiger partial charge in [-0.15, -0.1) is 0 Å². The van der Waals surface area contributed by atoms with E-state index < -0.39 is 11.5 Å². The van der Waals surface area contributed by atoms with Crippen molar-refractivity contribution in [1.29, 1.82) is 0 Å². The first kappa shape index (κ1) is 13.2. The van der Waals surface area contributed by atoms with E-state index in [1.807, 2.05) is 0 Å². The molecule has 0 atom stereocenters. The van der Waals surface area contributed by atoms with E-state index in [0.717, 1.165) is 25.7 Å². The van der Waals surface area contributed by atoms with Crippen molar-refractivity contribution in [3.8, 4) is 0 Å². The fourth-order valence-electron chi connectivity index (χ4n) is 2.46. The Labute approximate surface area is 111 Å². The fourth-order valence-corrected chi connectivity index (χ4v) is 2.63. The van der Waals surface area contributed by atoms with Gasteiger partial charge in [-0.25, -0.2) is 4.79 Å². The van der Waals surface area contributed by atoms with Gasteiger partial charge in [0.15, 0.2) is 0 Å². The number of hydrogen-bond donors (Lipinski definition) is 3. The third-order valence-corrected chi connectivity index (χ3v) is 3.71. The normalized spacial score (nSPS) is 17.7. The number of aliphatic hydroxyl groups excluding tert-OH is 1. The van der Waals surface area contributed by atoms with E-state index in [4.69, 9.17) is 16.7 Å². The van der Waals surface area contributed by atoms with Crippen LogP contribution in [0.3, 0.4) is 0 Å². The number of rotatable bonds is 4. The summed E-state index contributed by atoms with van der Waals surface area (Å²) in [4.78, 5) is 11.2. The van der Waals surface area contributed by atoms with Gasteiger partial charge >= 0.3 is 5.97 Å². The van der Waals surface area contributed by atoms with Crippen molar-refractivity contribution in [3.63, 3.8) is 0 Å². The van der Waals surface area contributed by atoms with Crippen molar-refractivity contribution in [2.75, 3.05) is 11.9 Å². The van der Waals surface area contributed by atoms with Crippen LogP contribution in [0.4, 0.5) is 5.69 Å². The average Bonchev–Trinajstić information content (AvgIpc) is 2.80. The van der Waals surface area contributed by atoms with E-state index in [0.29, 0.717) is 10.7 Å². The van der Waals surface area contributed by atoms with E-state index >= 15 is 0 Å². The first-order valence-corrected chi connectivity index (χ1v) is 6.36. The lowest BCUT2D eigenvalue weighted by molar-refractivity contribution is 0.0697. The molecule has 0 radical (unpaired) electrons. The van der Waals surface area contributed by atoms with Gasteiger partial charge in [0.05, 0.1) is 17.7 Å². The predicted octanol–water partition coefficient (Wildman–Crippen LogP) is 2.76. The van der Waals surface area contributed by atoms with Gasteiger partial charge in [-0.3, -0.25) is 0 Å². The molecule has 0 aromatic heterocycles. The molecule has 4 nitrogen and oxygen atoms in total. The van der Waals surface area contributed by atoms with Crippen LogP contribution >= 0.6 is 11.6 Å². The minimum Gasteiger partial charge on any atom is -0.478 e. The van der Waals surface area contributed by atoms with Crippen LogP contribution in [0.5, 0.6) is 0 Å². The molecular formula is C13H16ClNO3. The molecule has 1 aromatic rings. The molecule has 0 heterocycles. The molecular weight excluding hydrogens is 254 g/mol. The Morgan fingerprint density at radius 3 is 2.61 bits per heavy atom. The van der Waals surface area contributed by atoms with Crippen molar-refractivity contribution < 1.29 is 15.0 Å². The van der Waals surface area contributed by atoms with Crippen LogP contribution in [-0.4, -0.2) is 28.3 Å². The molecule has 5 heteroatoms. The van der Waals surface area contributed by atoms with Crippen LogP contribution in [0, 0.1) is 0 Å². The average molecular weight is 270 g/mol.